The Balaban J connectivity index is 1.46. The molecule has 0 unspecified atom stereocenters. The van der Waals surface area contributed by atoms with Crippen LogP contribution in [0.15, 0.2) is 24.3 Å². The number of amides is 1. The average molecular weight is 320 g/mol. The second-order valence-electron chi connectivity index (χ2n) is 6.84. The van der Waals surface area contributed by atoms with Gasteiger partial charge >= 0.3 is 0 Å². The van der Waals surface area contributed by atoms with E-state index in [0.29, 0.717) is 6.61 Å². The van der Waals surface area contributed by atoms with Gasteiger partial charge in [-0.1, -0.05) is 12.1 Å². The lowest BCUT2D eigenvalue weighted by molar-refractivity contribution is -0.140. The molecule has 2 heterocycles. The maximum Gasteiger partial charge on any atom is 0.252 e. The molecule has 1 amide bonds. The number of hydrogen-bond donors (Lipinski definition) is 1. The number of benzene rings is 1. The van der Waals surface area contributed by atoms with Gasteiger partial charge in [-0.3, -0.25) is 9.69 Å². The Kier molecular flexibility index (Phi) is 4.97. The first-order chi connectivity index (χ1) is 11.0. The molecule has 0 aromatic heterocycles. The summed E-state index contributed by atoms with van der Waals surface area (Å²) in [5.41, 5.74) is 0.359. The number of hydrogen-bond acceptors (Lipinski definition) is 3. The molecule has 2 fully saturated rings. The molecule has 1 atom stereocenters. The average Bonchev–Trinajstić information content (AvgIpc) is 2.97. The molecule has 1 N–H and O–H groups in total. The van der Waals surface area contributed by atoms with Gasteiger partial charge in [0.1, 0.15) is 11.4 Å². The van der Waals surface area contributed by atoms with Crippen LogP contribution in [-0.4, -0.2) is 42.1 Å². The maximum absolute atomic E-state index is 13.2. The molecule has 3 rings (SSSR count). The molecule has 1 aromatic carbocycles. The monoisotopic (exact) mass is 320 g/mol. The first-order valence-corrected chi connectivity index (χ1v) is 8.47. The molecule has 0 bridgehead atoms. The fourth-order valence-electron chi connectivity index (χ4n) is 3.43. The van der Waals surface area contributed by atoms with Gasteiger partial charge in [-0.15, -0.1) is 0 Å². The summed E-state index contributed by atoms with van der Waals surface area (Å²) in [5, 5.41) is 3.14. The molecule has 0 radical (unpaired) electrons. The van der Waals surface area contributed by atoms with Crippen molar-refractivity contribution in [3.8, 4) is 0 Å². The van der Waals surface area contributed by atoms with Crippen molar-refractivity contribution in [2.75, 3.05) is 19.7 Å². The predicted octanol–water partition coefficient (Wildman–Crippen LogP) is 2.48. The number of piperidine rings is 1. The summed E-state index contributed by atoms with van der Waals surface area (Å²) < 4.78 is 18.8. The summed E-state index contributed by atoms with van der Waals surface area (Å²) in [7, 11) is 0. The van der Waals surface area contributed by atoms with E-state index in [0.717, 1.165) is 50.9 Å². The molecular weight excluding hydrogens is 295 g/mol. The highest BCUT2D eigenvalue weighted by Crippen LogP contribution is 2.26. The standard InChI is InChI=1S/C18H25FN2O2/c1-18(8-3-11-23-18)17(22)20-16-6-9-21(10-7-16)13-14-4-2-5-15(19)12-14/h2,4-5,12,16H,3,6-11,13H2,1H3,(H,20,22)/t18-/m1/s1. The Labute approximate surface area is 137 Å². The van der Waals surface area contributed by atoms with Crippen molar-refractivity contribution in [2.45, 2.75) is 50.8 Å². The molecule has 1 aromatic rings. The first-order valence-electron chi connectivity index (χ1n) is 8.47. The van der Waals surface area contributed by atoms with Gasteiger partial charge in [-0.2, -0.15) is 0 Å². The summed E-state index contributed by atoms with van der Waals surface area (Å²) in [6.07, 6.45) is 3.61. The van der Waals surface area contributed by atoms with Gasteiger partial charge in [0, 0.05) is 32.3 Å². The Bertz CT molecular complexity index is 550. The summed E-state index contributed by atoms with van der Waals surface area (Å²) in [4.78, 5) is 14.7. The van der Waals surface area contributed by atoms with Crippen LogP contribution in [0, 0.1) is 5.82 Å². The fourth-order valence-corrected chi connectivity index (χ4v) is 3.43. The van der Waals surface area contributed by atoms with E-state index in [-0.39, 0.29) is 17.8 Å². The van der Waals surface area contributed by atoms with Crippen LogP contribution >= 0.6 is 0 Å². The predicted molar refractivity (Wildman–Crippen MR) is 86.4 cm³/mol. The first kappa shape index (κ1) is 16.4. The van der Waals surface area contributed by atoms with Crippen LogP contribution in [0.25, 0.3) is 0 Å². The third kappa shape index (κ3) is 4.09. The molecule has 2 aliphatic heterocycles. The van der Waals surface area contributed by atoms with Crippen LogP contribution in [0.2, 0.25) is 0 Å². The van der Waals surface area contributed by atoms with Gasteiger partial charge in [-0.05, 0) is 50.3 Å². The van der Waals surface area contributed by atoms with Gasteiger partial charge in [0.05, 0.1) is 0 Å². The summed E-state index contributed by atoms with van der Waals surface area (Å²) in [5.74, 6) is -0.159. The molecule has 2 saturated heterocycles. The second kappa shape index (κ2) is 6.97. The van der Waals surface area contributed by atoms with E-state index in [1.807, 2.05) is 13.0 Å². The number of nitrogens with one attached hydrogen (secondary N) is 1. The molecule has 5 heteroatoms. The molecule has 4 nitrogen and oxygen atoms in total. The normalized spacial score (nSPS) is 26.3. The van der Waals surface area contributed by atoms with Crippen molar-refractivity contribution in [3.05, 3.63) is 35.6 Å². The van der Waals surface area contributed by atoms with Gasteiger partial charge in [0.2, 0.25) is 0 Å². The number of rotatable bonds is 4. The zero-order chi connectivity index (χ0) is 16.3. The number of halogens is 1. The van der Waals surface area contributed by atoms with Gasteiger partial charge in [0.15, 0.2) is 0 Å². The van der Waals surface area contributed by atoms with Gasteiger partial charge < -0.3 is 10.1 Å². The minimum absolute atomic E-state index is 0.0265. The summed E-state index contributed by atoms with van der Waals surface area (Å²) in [6.45, 7) is 5.15. The van der Waals surface area contributed by atoms with E-state index in [1.54, 1.807) is 12.1 Å². The third-order valence-electron chi connectivity index (χ3n) is 4.92. The highest BCUT2D eigenvalue weighted by Gasteiger charge is 2.38. The van der Waals surface area contributed by atoms with Crippen molar-refractivity contribution >= 4 is 5.91 Å². The van der Waals surface area contributed by atoms with Gasteiger partial charge in [-0.25, -0.2) is 4.39 Å². The second-order valence-corrected chi connectivity index (χ2v) is 6.84. The summed E-state index contributed by atoms with van der Waals surface area (Å²) in [6, 6.07) is 6.98. The Morgan fingerprint density at radius 3 is 2.87 bits per heavy atom. The highest BCUT2D eigenvalue weighted by molar-refractivity contribution is 5.85. The molecule has 0 spiro atoms. The van der Waals surface area contributed by atoms with Crippen molar-refractivity contribution in [1.29, 1.82) is 0 Å². The van der Waals surface area contributed by atoms with E-state index in [1.165, 1.54) is 6.07 Å². The summed E-state index contributed by atoms with van der Waals surface area (Å²) >= 11 is 0. The largest absolute Gasteiger partial charge is 0.365 e. The number of carbonyl (C=O) groups is 1. The third-order valence-corrected chi connectivity index (χ3v) is 4.92. The van der Waals surface area contributed by atoms with Crippen LogP contribution in [0.5, 0.6) is 0 Å². The lowest BCUT2D eigenvalue weighted by Gasteiger charge is -2.34. The topological polar surface area (TPSA) is 41.6 Å². The number of carbonyl (C=O) groups excluding carboxylic acids is 1. The molecule has 0 aliphatic carbocycles. The molecule has 126 valence electrons. The maximum atomic E-state index is 13.2. The molecule has 23 heavy (non-hydrogen) atoms. The minimum atomic E-state index is -0.640. The van der Waals surface area contributed by atoms with Crippen LogP contribution in [-0.2, 0) is 16.1 Å². The Hall–Kier alpha value is -1.46. The SMILES string of the molecule is C[C@]1(C(=O)NC2CCN(Cc3cccc(F)c3)CC2)CCCO1. The van der Waals surface area contributed by atoms with Crippen LogP contribution in [0.3, 0.4) is 0 Å². The Morgan fingerprint density at radius 2 is 2.22 bits per heavy atom. The molecule has 2 aliphatic rings. The number of nitrogens with zero attached hydrogens (tertiary/aromatic N) is 1. The molecular formula is C18H25FN2O2. The van der Waals surface area contributed by atoms with Crippen LogP contribution < -0.4 is 5.32 Å². The minimum Gasteiger partial charge on any atom is -0.365 e. The van der Waals surface area contributed by atoms with E-state index in [4.69, 9.17) is 4.74 Å². The van der Waals surface area contributed by atoms with E-state index in [9.17, 15) is 9.18 Å². The lowest BCUT2D eigenvalue weighted by Crippen LogP contribution is -2.51. The smallest absolute Gasteiger partial charge is 0.252 e. The van der Waals surface area contributed by atoms with Crippen molar-refractivity contribution in [1.82, 2.24) is 10.2 Å². The van der Waals surface area contributed by atoms with Crippen LogP contribution in [0.4, 0.5) is 4.39 Å². The van der Waals surface area contributed by atoms with Crippen molar-refractivity contribution in [2.24, 2.45) is 0 Å². The van der Waals surface area contributed by atoms with Crippen LogP contribution in [0.1, 0.15) is 38.2 Å². The highest BCUT2D eigenvalue weighted by atomic mass is 19.1. The Morgan fingerprint density at radius 1 is 1.43 bits per heavy atom. The van der Waals surface area contributed by atoms with E-state index >= 15 is 0 Å². The molecule has 0 saturated carbocycles. The fraction of sp³-hybridized carbons (Fsp3) is 0.611. The number of ether oxygens (including phenoxy) is 1. The zero-order valence-corrected chi connectivity index (χ0v) is 13.7. The van der Waals surface area contributed by atoms with Crippen molar-refractivity contribution < 1.29 is 13.9 Å². The quantitative estimate of drug-likeness (QED) is 0.927. The van der Waals surface area contributed by atoms with E-state index in [2.05, 4.69) is 10.2 Å². The number of likely N-dealkylation sites (tertiary alicyclic amines) is 1. The van der Waals surface area contributed by atoms with Gasteiger partial charge in [0.25, 0.3) is 5.91 Å². The van der Waals surface area contributed by atoms with E-state index < -0.39 is 5.60 Å². The van der Waals surface area contributed by atoms with Crippen molar-refractivity contribution in [3.63, 3.8) is 0 Å². The zero-order valence-electron chi connectivity index (χ0n) is 13.7. The lowest BCUT2D eigenvalue weighted by atomic mass is 9.99.